The first kappa shape index (κ1) is 11.9. The molecule has 2 rings (SSSR count). The second-order valence-electron chi connectivity index (χ2n) is 3.37. The molecule has 17 heavy (non-hydrogen) atoms. The highest BCUT2D eigenvalue weighted by Crippen LogP contribution is 2.16. The van der Waals surface area contributed by atoms with Gasteiger partial charge in [0.25, 0.3) is 0 Å². The van der Waals surface area contributed by atoms with E-state index in [-0.39, 0.29) is 5.56 Å². The summed E-state index contributed by atoms with van der Waals surface area (Å²) in [6.45, 7) is 0.500. The van der Waals surface area contributed by atoms with Crippen LogP contribution >= 0.6 is 22.6 Å². The van der Waals surface area contributed by atoms with Crippen LogP contribution in [0.1, 0.15) is 11.3 Å². The molecule has 0 aliphatic carbocycles. The molecule has 0 unspecified atom stereocenters. The van der Waals surface area contributed by atoms with E-state index in [0.717, 1.165) is 9.53 Å². The molecule has 0 aliphatic heterocycles. The summed E-state index contributed by atoms with van der Waals surface area (Å²) in [5, 5.41) is 11.8. The van der Waals surface area contributed by atoms with Crippen LogP contribution in [-0.4, -0.2) is 0 Å². The second-order valence-corrected chi connectivity index (χ2v) is 4.43. The third-order valence-corrected chi connectivity index (χ3v) is 2.76. The van der Waals surface area contributed by atoms with E-state index >= 15 is 0 Å². The molecule has 0 aliphatic rings. The Morgan fingerprint density at radius 2 is 2.18 bits per heavy atom. The fraction of sp³-hybridized carbons (Fsp3) is 0.0833. The van der Waals surface area contributed by atoms with Crippen LogP contribution in [0.4, 0.5) is 10.1 Å². The quantitative estimate of drug-likeness (QED) is 0.869. The third kappa shape index (κ3) is 2.97. The molecule has 0 bridgehead atoms. The molecule has 0 amide bonds. The summed E-state index contributed by atoms with van der Waals surface area (Å²) in [6, 6.07) is 9.86. The molecular formula is C12H8FIN2O. The lowest BCUT2D eigenvalue weighted by Gasteiger charge is -2.04. The zero-order valence-electron chi connectivity index (χ0n) is 8.71. The van der Waals surface area contributed by atoms with Gasteiger partial charge in [-0.15, -0.1) is 0 Å². The molecule has 1 heterocycles. The van der Waals surface area contributed by atoms with E-state index in [1.165, 1.54) is 12.1 Å². The number of nitrogens with zero attached hydrogens (tertiary/aromatic N) is 1. The number of nitriles is 1. The number of furan rings is 1. The molecule has 1 aromatic heterocycles. The van der Waals surface area contributed by atoms with Crippen LogP contribution in [0.3, 0.4) is 0 Å². The Balaban J connectivity index is 2.07. The first-order valence-electron chi connectivity index (χ1n) is 4.87. The standard InChI is InChI=1S/C12H8FIN2O/c13-11-3-1-9(5-8(11)6-15)16-7-10-2-4-12(14)17-10/h1-5,16H,7H2. The third-order valence-electron chi connectivity index (χ3n) is 2.18. The van der Waals surface area contributed by atoms with Gasteiger partial charge >= 0.3 is 0 Å². The zero-order chi connectivity index (χ0) is 12.3. The molecule has 2 aromatic rings. The Hall–Kier alpha value is -1.55. The van der Waals surface area contributed by atoms with Crippen LogP contribution in [0.15, 0.2) is 34.7 Å². The minimum atomic E-state index is -0.509. The highest BCUT2D eigenvalue weighted by molar-refractivity contribution is 14.1. The number of benzene rings is 1. The first-order chi connectivity index (χ1) is 8.19. The van der Waals surface area contributed by atoms with E-state index in [0.29, 0.717) is 12.2 Å². The summed E-state index contributed by atoms with van der Waals surface area (Å²) in [4.78, 5) is 0. The SMILES string of the molecule is N#Cc1cc(NCc2ccc(I)o2)ccc1F. The van der Waals surface area contributed by atoms with Crippen LogP contribution < -0.4 is 5.32 Å². The maximum atomic E-state index is 13.1. The molecule has 0 radical (unpaired) electrons. The fourth-order valence-electron chi connectivity index (χ4n) is 1.36. The molecule has 3 nitrogen and oxygen atoms in total. The number of hydrogen-bond donors (Lipinski definition) is 1. The van der Waals surface area contributed by atoms with Crippen LogP contribution in [-0.2, 0) is 6.54 Å². The van der Waals surface area contributed by atoms with E-state index in [4.69, 9.17) is 9.68 Å². The maximum absolute atomic E-state index is 13.1. The summed E-state index contributed by atoms with van der Waals surface area (Å²) in [7, 11) is 0. The summed E-state index contributed by atoms with van der Waals surface area (Å²) >= 11 is 2.08. The van der Waals surface area contributed by atoms with E-state index in [9.17, 15) is 4.39 Å². The molecule has 0 saturated carbocycles. The average Bonchev–Trinajstić information content (AvgIpc) is 2.74. The Labute approximate surface area is 111 Å². The van der Waals surface area contributed by atoms with Gasteiger partial charge in [0, 0.05) is 5.69 Å². The lowest BCUT2D eigenvalue weighted by Crippen LogP contribution is -1.99. The van der Waals surface area contributed by atoms with Crippen molar-refractivity contribution in [3.63, 3.8) is 0 Å². The molecule has 1 N–H and O–H groups in total. The highest BCUT2D eigenvalue weighted by Gasteiger charge is 2.03. The molecule has 0 saturated heterocycles. The van der Waals surface area contributed by atoms with Gasteiger partial charge in [0.2, 0.25) is 0 Å². The normalized spacial score (nSPS) is 9.94. The Kier molecular flexibility index (Phi) is 3.64. The molecular weight excluding hydrogens is 334 g/mol. The van der Waals surface area contributed by atoms with Crippen molar-refractivity contribution in [2.75, 3.05) is 5.32 Å². The molecule has 0 fully saturated rings. The van der Waals surface area contributed by atoms with Gasteiger partial charge in [-0.1, -0.05) is 0 Å². The summed E-state index contributed by atoms with van der Waals surface area (Å²) in [6.07, 6.45) is 0. The van der Waals surface area contributed by atoms with Gasteiger partial charge < -0.3 is 9.73 Å². The van der Waals surface area contributed by atoms with E-state index in [2.05, 4.69) is 27.9 Å². The lowest BCUT2D eigenvalue weighted by atomic mass is 10.2. The minimum Gasteiger partial charge on any atom is -0.454 e. The Bertz CT molecular complexity index is 574. The van der Waals surface area contributed by atoms with Gasteiger partial charge in [-0.25, -0.2) is 4.39 Å². The van der Waals surface area contributed by atoms with Crippen molar-refractivity contribution in [1.29, 1.82) is 5.26 Å². The van der Waals surface area contributed by atoms with Crippen molar-refractivity contribution in [2.45, 2.75) is 6.54 Å². The lowest BCUT2D eigenvalue weighted by molar-refractivity contribution is 0.493. The van der Waals surface area contributed by atoms with Gasteiger partial charge in [0.15, 0.2) is 3.77 Å². The van der Waals surface area contributed by atoms with Crippen molar-refractivity contribution < 1.29 is 8.81 Å². The highest BCUT2D eigenvalue weighted by atomic mass is 127. The van der Waals surface area contributed by atoms with Crippen LogP contribution in [0.25, 0.3) is 0 Å². The van der Waals surface area contributed by atoms with Gasteiger partial charge in [0.05, 0.1) is 12.1 Å². The first-order valence-corrected chi connectivity index (χ1v) is 5.94. The van der Waals surface area contributed by atoms with Gasteiger partial charge in [-0.05, 0) is 52.9 Å². The van der Waals surface area contributed by atoms with Gasteiger partial charge in [-0.3, -0.25) is 0 Å². The van der Waals surface area contributed by atoms with Crippen LogP contribution in [0.2, 0.25) is 0 Å². The second kappa shape index (κ2) is 5.19. The zero-order valence-corrected chi connectivity index (χ0v) is 10.9. The number of halogens is 2. The van der Waals surface area contributed by atoms with Crippen LogP contribution in [0.5, 0.6) is 0 Å². The van der Waals surface area contributed by atoms with Crippen LogP contribution in [0, 0.1) is 20.9 Å². The number of anilines is 1. The molecule has 5 heteroatoms. The van der Waals surface area contributed by atoms with Crippen molar-refractivity contribution in [3.05, 3.63) is 51.2 Å². The fourth-order valence-corrected chi connectivity index (χ4v) is 1.82. The summed E-state index contributed by atoms with van der Waals surface area (Å²) in [5.41, 5.74) is 0.721. The number of nitrogens with one attached hydrogen (secondary N) is 1. The molecule has 0 spiro atoms. The Morgan fingerprint density at radius 1 is 1.35 bits per heavy atom. The summed E-state index contributed by atoms with van der Waals surface area (Å²) in [5.74, 6) is 0.280. The average molecular weight is 342 g/mol. The van der Waals surface area contributed by atoms with E-state index < -0.39 is 5.82 Å². The largest absolute Gasteiger partial charge is 0.454 e. The topological polar surface area (TPSA) is 49.0 Å². The monoisotopic (exact) mass is 342 g/mol. The smallest absolute Gasteiger partial charge is 0.164 e. The van der Waals surface area contributed by atoms with E-state index in [1.807, 2.05) is 12.1 Å². The minimum absolute atomic E-state index is 0.0315. The Morgan fingerprint density at radius 3 is 2.82 bits per heavy atom. The maximum Gasteiger partial charge on any atom is 0.164 e. The molecule has 1 aromatic carbocycles. The van der Waals surface area contributed by atoms with Gasteiger partial charge in [0.1, 0.15) is 17.6 Å². The molecule has 86 valence electrons. The predicted octanol–water partition coefficient (Wildman–Crippen LogP) is 3.51. The van der Waals surface area contributed by atoms with Crippen molar-refractivity contribution >= 4 is 28.3 Å². The number of rotatable bonds is 3. The van der Waals surface area contributed by atoms with Crippen molar-refractivity contribution in [1.82, 2.24) is 0 Å². The summed E-state index contributed by atoms with van der Waals surface area (Å²) < 4.78 is 19.3. The molecule has 0 atom stereocenters. The van der Waals surface area contributed by atoms with Crippen molar-refractivity contribution in [3.8, 4) is 6.07 Å². The predicted molar refractivity (Wildman–Crippen MR) is 69.9 cm³/mol. The van der Waals surface area contributed by atoms with Crippen molar-refractivity contribution in [2.24, 2.45) is 0 Å². The van der Waals surface area contributed by atoms with E-state index in [1.54, 1.807) is 12.1 Å². The van der Waals surface area contributed by atoms with Gasteiger partial charge in [-0.2, -0.15) is 5.26 Å². The number of hydrogen-bond acceptors (Lipinski definition) is 3.